The van der Waals surface area contributed by atoms with E-state index in [1.54, 1.807) is 113 Å². The van der Waals surface area contributed by atoms with Gasteiger partial charge in [-0.15, -0.1) is 0 Å². The van der Waals surface area contributed by atoms with Crippen molar-refractivity contribution < 1.29 is 37.8 Å². The lowest BCUT2D eigenvalue weighted by Crippen LogP contribution is -2.32. The summed E-state index contributed by atoms with van der Waals surface area (Å²) in [4.78, 5) is 68.0. The molecule has 19 heteroatoms. The first-order chi connectivity index (χ1) is 33.1. The minimum absolute atomic E-state index is 0.0135. The van der Waals surface area contributed by atoms with Gasteiger partial charge in [-0.3, -0.25) is 24.4 Å². The van der Waals surface area contributed by atoms with E-state index < -0.39 is 15.9 Å². The minimum atomic E-state index is -4.02. The zero-order valence-corrected chi connectivity index (χ0v) is 40.1. The molecule has 0 atom stereocenters. The lowest BCUT2D eigenvalue weighted by Gasteiger charge is -2.22. The Hall–Kier alpha value is -7.38. The summed E-state index contributed by atoms with van der Waals surface area (Å²) in [5.74, 6) is -0.667. The molecular weight excluding hydrogens is 901 g/mol. The van der Waals surface area contributed by atoms with Gasteiger partial charge in [0.05, 0.1) is 4.90 Å². The number of pyridine rings is 2. The predicted molar refractivity (Wildman–Crippen MR) is 259 cm³/mol. The second-order valence-electron chi connectivity index (χ2n) is 16.6. The molecule has 0 unspecified atom stereocenters. The maximum Gasteiger partial charge on any atom is 0.260 e. The first-order valence-corrected chi connectivity index (χ1v) is 24.3. The maximum atomic E-state index is 14.1. The van der Waals surface area contributed by atoms with Crippen molar-refractivity contribution in [2.45, 2.75) is 84.5 Å². The predicted octanol–water partition coefficient (Wildman–Crippen LogP) is 6.49. The van der Waals surface area contributed by atoms with Crippen molar-refractivity contribution in [3.8, 4) is 40.5 Å². The molecule has 5 heterocycles. The molecule has 1 aliphatic rings. The molecule has 1 fully saturated rings. The molecule has 0 aliphatic carbocycles. The van der Waals surface area contributed by atoms with E-state index in [1.807, 2.05) is 0 Å². The molecule has 0 spiro atoms. The fourth-order valence-electron chi connectivity index (χ4n) is 8.11. The van der Waals surface area contributed by atoms with Gasteiger partial charge in [-0.25, -0.2) is 18.4 Å². The van der Waals surface area contributed by atoms with Crippen LogP contribution in [0.3, 0.4) is 0 Å². The standard InChI is InChI=1S/C50H56N10O8S/c1-6-60(7-2)69(66,67)37-27-35(31(3)42(29-37)56-45(62)21-19-39-33(5)54-48(58-50(39)65)41-15-9-11-23-52-41)26-34-16-17-36(28-43(34)68-30-46(63)59-24-12-13-25-59)55-44(61)20-18-38-32(4)53-47(57-49(38)64)40-14-8-10-22-51-40/h8-11,14-17,22-23,27-29H,6-7,12-13,18-21,24-26,30H2,1-5H3,(H,55,61)(H,56,62)(H,53,57,64)(H,54,58,65). The van der Waals surface area contributed by atoms with Crippen LogP contribution in [-0.2, 0) is 43.7 Å². The van der Waals surface area contributed by atoms with Crippen molar-refractivity contribution >= 4 is 39.1 Å². The summed E-state index contributed by atoms with van der Waals surface area (Å²) in [5, 5.41) is 27.5. The van der Waals surface area contributed by atoms with Gasteiger partial charge in [0.1, 0.15) is 17.1 Å². The highest BCUT2D eigenvalue weighted by Gasteiger charge is 2.26. The van der Waals surface area contributed by atoms with Gasteiger partial charge < -0.3 is 30.5 Å². The summed E-state index contributed by atoms with van der Waals surface area (Å²) in [6, 6.07) is 18.7. The third kappa shape index (κ3) is 12.0. The second kappa shape index (κ2) is 22.2. The number of nitrogens with zero attached hydrogens (tertiary/aromatic N) is 8. The van der Waals surface area contributed by atoms with Gasteiger partial charge in [-0.2, -0.15) is 14.3 Å². The van der Waals surface area contributed by atoms with Crippen LogP contribution in [0.15, 0.2) is 84.0 Å². The van der Waals surface area contributed by atoms with E-state index in [0.29, 0.717) is 75.1 Å². The van der Waals surface area contributed by atoms with E-state index in [1.165, 1.54) is 10.4 Å². The summed E-state index contributed by atoms with van der Waals surface area (Å²) in [7, 11) is -4.02. The summed E-state index contributed by atoms with van der Waals surface area (Å²) in [6.07, 6.45) is 5.29. The van der Waals surface area contributed by atoms with Gasteiger partial charge in [-0.05, 0) is 106 Å². The Morgan fingerprint density at radius 1 is 0.725 bits per heavy atom. The molecule has 0 radical (unpaired) electrons. The van der Waals surface area contributed by atoms with Crippen LogP contribution in [0, 0.1) is 20.8 Å². The van der Waals surface area contributed by atoms with Crippen LogP contribution in [0.1, 0.15) is 78.7 Å². The molecule has 6 aromatic rings. The van der Waals surface area contributed by atoms with Gasteiger partial charge in [0.25, 0.3) is 5.91 Å². The van der Waals surface area contributed by atoms with Crippen LogP contribution in [0.2, 0.25) is 0 Å². The van der Waals surface area contributed by atoms with E-state index in [-0.39, 0.29) is 97.6 Å². The van der Waals surface area contributed by atoms with Crippen LogP contribution >= 0.6 is 0 Å². The number of likely N-dealkylation sites (tertiary alicyclic amines) is 1. The van der Waals surface area contributed by atoms with Gasteiger partial charge in [0.2, 0.25) is 33.6 Å². The molecule has 3 amide bonds. The smallest absolute Gasteiger partial charge is 0.260 e. The molecule has 4 N–H and O–H groups in total. The number of hydrogen-bond acceptors (Lipinski definition) is 14. The van der Waals surface area contributed by atoms with Crippen molar-refractivity contribution in [2.24, 2.45) is 0 Å². The number of amides is 3. The van der Waals surface area contributed by atoms with E-state index >= 15 is 0 Å². The number of nitrogens with one attached hydrogen (secondary N) is 2. The van der Waals surface area contributed by atoms with E-state index in [9.17, 15) is 33.0 Å². The third-order valence-corrected chi connectivity index (χ3v) is 14.1. The number of aryl methyl sites for hydroxylation is 2. The maximum absolute atomic E-state index is 14.1. The first-order valence-electron chi connectivity index (χ1n) is 22.9. The van der Waals surface area contributed by atoms with Crippen molar-refractivity contribution in [3.05, 3.63) is 118 Å². The molecule has 0 bridgehead atoms. The summed E-state index contributed by atoms with van der Waals surface area (Å²) in [6.45, 7) is 10.2. The molecule has 18 nitrogen and oxygen atoms in total. The fraction of sp³-hybridized carbons (Fsp3) is 0.340. The zero-order valence-electron chi connectivity index (χ0n) is 39.3. The molecule has 0 saturated carbocycles. The van der Waals surface area contributed by atoms with Crippen LogP contribution in [0.4, 0.5) is 11.4 Å². The van der Waals surface area contributed by atoms with Crippen molar-refractivity contribution in [1.29, 1.82) is 0 Å². The SMILES string of the molecule is CCN(CC)S(=O)(=O)c1cc(Cc2ccc(NC(=O)CCc3c(C)nc(-c4ccccn4)nc3O)cc2OCC(=O)N2CCCC2)c(C)c(NC(=O)CCc2c(C)nc(-c3ccccn3)nc2O)c1. The average molecular weight is 957 g/mol. The molecule has 1 saturated heterocycles. The Kier molecular flexibility index (Phi) is 15.9. The average Bonchev–Trinajstić information content (AvgIpc) is 3.88. The number of rotatable bonds is 19. The Morgan fingerprint density at radius 3 is 1.81 bits per heavy atom. The number of aromatic hydroxyl groups is 2. The molecule has 7 rings (SSSR count). The number of benzene rings is 2. The van der Waals surface area contributed by atoms with Crippen molar-refractivity contribution in [3.63, 3.8) is 0 Å². The van der Waals surface area contributed by atoms with Crippen molar-refractivity contribution in [1.82, 2.24) is 39.1 Å². The molecular formula is C50H56N10O8S. The lowest BCUT2D eigenvalue weighted by atomic mass is 9.98. The summed E-state index contributed by atoms with van der Waals surface area (Å²) in [5.41, 5.74) is 5.22. The molecule has 69 heavy (non-hydrogen) atoms. The number of sulfonamides is 1. The Labute approximate surface area is 401 Å². The largest absolute Gasteiger partial charge is 0.493 e. The summed E-state index contributed by atoms with van der Waals surface area (Å²) < 4.78 is 35.7. The lowest BCUT2D eigenvalue weighted by molar-refractivity contribution is -0.132. The van der Waals surface area contributed by atoms with E-state index in [4.69, 9.17) is 4.74 Å². The number of aromatic nitrogens is 6. The van der Waals surface area contributed by atoms with Gasteiger partial charge in [0, 0.05) is 97.8 Å². The van der Waals surface area contributed by atoms with Crippen molar-refractivity contribution in [2.75, 3.05) is 43.4 Å². The van der Waals surface area contributed by atoms with E-state index in [0.717, 1.165) is 12.8 Å². The molecule has 360 valence electrons. The minimum Gasteiger partial charge on any atom is -0.493 e. The monoisotopic (exact) mass is 956 g/mol. The number of hydrogen-bond donors (Lipinski definition) is 4. The topological polar surface area (TPSA) is 243 Å². The van der Waals surface area contributed by atoms with Crippen LogP contribution < -0.4 is 15.4 Å². The number of anilines is 2. The fourth-order valence-corrected chi connectivity index (χ4v) is 9.65. The Bertz CT molecular complexity index is 2900. The molecule has 4 aromatic heterocycles. The normalized spacial score (nSPS) is 12.6. The first kappa shape index (κ1) is 49.5. The Morgan fingerprint density at radius 2 is 1.29 bits per heavy atom. The third-order valence-electron chi connectivity index (χ3n) is 12.0. The van der Waals surface area contributed by atoms with Crippen LogP contribution in [0.25, 0.3) is 23.0 Å². The number of carbonyl (C=O) groups excluding carboxylic acids is 3. The molecule has 2 aromatic carbocycles. The van der Waals surface area contributed by atoms with Gasteiger partial charge >= 0.3 is 0 Å². The summed E-state index contributed by atoms with van der Waals surface area (Å²) >= 11 is 0. The van der Waals surface area contributed by atoms with E-state index in [2.05, 4.69) is 40.5 Å². The highest BCUT2D eigenvalue weighted by molar-refractivity contribution is 7.89. The highest BCUT2D eigenvalue weighted by Crippen LogP contribution is 2.33. The Balaban J connectivity index is 1.13. The zero-order chi connectivity index (χ0) is 49.2. The highest BCUT2D eigenvalue weighted by atomic mass is 32.2. The second-order valence-corrected chi connectivity index (χ2v) is 18.6. The number of ether oxygens (including phenoxy) is 1. The quantitative estimate of drug-likeness (QED) is 0.0678. The van der Waals surface area contributed by atoms with Crippen LogP contribution in [-0.4, -0.2) is 108 Å². The van der Waals surface area contributed by atoms with Gasteiger partial charge in [0.15, 0.2) is 18.3 Å². The molecule has 1 aliphatic heterocycles. The van der Waals surface area contributed by atoms with Crippen LogP contribution in [0.5, 0.6) is 17.5 Å². The van der Waals surface area contributed by atoms with Gasteiger partial charge in [-0.1, -0.05) is 32.0 Å². The number of carbonyl (C=O) groups is 3.